The van der Waals surface area contributed by atoms with E-state index in [1.165, 1.54) is 6.42 Å². The summed E-state index contributed by atoms with van der Waals surface area (Å²) in [6.07, 6.45) is 4.43. The summed E-state index contributed by atoms with van der Waals surface area (Å²) in [4.78, 5) is 13.3. The van der Waals surface area contributed by atoms with Crippen LogP contribution in [0.5, 0.6) is 0 Å². The number of hydrogen-bond acceptors (Lipinski definition) is 3. The van der Waals surface area contributed by atoms with Crippen molar-refractivity contribution in [3.05, 3.63) is 0 Å². The lowest BCUT2D eigenvalue weighted by Crippen LogP contribution is -2.37. The zero-order valence-electron chi connectivity index (χ0n) is 9.63. The average Bonchev–Trinajstić information content (AvgIpc) is 2.30. The van der Waals surface area contributed by atoms with E-state index in [2.05, 4.69) is 12.2 Å². The highest BCUT2D eigenvalue weighted by atomic mass is 16.6. The molecule has 1 saturated heterocycles. The van der Waals surface area contributed by atoms with Gasteiger partial charge in [0.05, 0.1) is 0 Å². The zero-order chi connectivity index (χ0) is 10.9. The van der Waals surface area contributed by atoms with Crippen LogP contribution in [0.25, 0.3) is 0 Å². The lowest BCUT2D eigenvalue weighted by Gasteiger charge is -2.25. The maximum absolute atomic E-state index is 11.5. The Kier molecular flexibility index (Phi) is 6.16. The van der Waals surface area contributed by atoms with Crippen LogP contribution >= 0.6 is 0 Å². The highest BCUT2D eigenvalue weighted by Gasteiger charge is 2.16. The lowest BCUT2D eigenvalue weighted by atomic mass is 10.1. The Morgan fingerprint density at radius 2 is 2.00 bits per heavy atom. The smallest absolute Gasteiger partial charge is 0.409 e. The van der Waals surface area contributed by atoms with Crippen LogP contribution in [0.2, 0.25) is 0 Å². The number of piperidine rings is 1. The summed E-state index contributed by atoms with van der Waals surface area (Å²) in [5.74, 6) is 0. The van der Waals surface area contributed by atoms with E-state index in [1.54, 1.807) is 0 Å². The number of carbonyl (C=O) groups is 1. The Bertz CT molecular complexity index is 179. The Hall–Kier alpha value is -0.770. The van der Waals surface area contributed by atoms with Gasteiger partial charge in [-0.2, -0.15) is 0 Å². The summed E-state index contributed by atoms with van der Waals surface area (Å²) in [5, 5.41) is 3.20. The molecule has 0 radical (unpaired) electrons. The minimum atomic E-state index is -0.145. The van der Waals surface area contributed by atoms with Gasteiger partial charge in [-0.1, -0.05) is 6.92 Å². The Balaban J connectivity index is 2.02. The van der Waals surface area contributed by atoms with Crippen molar-refractivity contribution in [1.82, 2.24) is 10.2 Å². The number of nitrogens with zero attached hydrogens (tertiary/aromatic N) is 1. The largest absolute Gasteiger partial charge is 0.448 e. The summed E-state index contributed by atoms with van der Waals surface area (Å²) in [6, 6.07) is 0. The first kappa shape index (κ1) is 12.3. The summed E-state index contributed by atoms with van der Waals surface area (Å²) in [6.45, 7) is 6.07. The van der Waals surface area contributed by atoms with E-state index in [9.17, 15) is 4.79 Å². The fourth-order valence-electron chi connectivity index (χ4n) is 1.68. The van der Waals surface area contributed by atoms with E-state index in [4.69, 9.17) is 4.74 Å². The number of likely N-dealkylation sites (tertiary alicyclic amines) is 1. The van der Waals surface area contributed by atoms with E-state index in [0.717, 1.165) is 45.4 Å². The van der Waals surface area contributed by atoms with Crippen LogP contribution in [0.1, 0.15) is 32.6 Å². The summed E-state index contributed by atoms with van der Waals surface area (Å²) in [5.41, 5.74) is 0. The first-order valence-electron chi connectivity index (χ1n) is 5.97. The maximum atomic E-state index is 11.5. The molecule has 1 aliphatic heterocycles. The number of ether oxygens (including phenoxy) is 1. The van der Waals surface area contributed by atoms with E-state index in [1.807, 2.05) is 4.90 Å². The predicted octanol–water partition coefficient (Wildman–Crippen LogP) is 1.61. The van der Waals surface area contributed by atoms with Gasteiger partial charge in [0.1, 0.15) is 6.61 Å². The number of nitrogens with one attached hydrogen (secondary N) is 1. The molecule has 4 nitrogen and oxygen atoms in total. The molecule has 1 aliphatic rings. The Labute approximate surface area is 92.0 Å². The molecular weight excluding hydrogens is 192 g/mol. The van der Waals surface area contributed by atoms with Crippen LogP contribution in [-0.4, -0.2) is 43.8 Å². The quantitative estimate of drug-likeness (QED) is 0.707. The van der Waals surface area contributed by atoms with Gasteiger partial charge in [-0.15, -0.1) is 0 Å². The van der Waals surface area contributed by atoms with Crippen molar-refractivity contribution in [2.45, 2.75) is 32.6 Å². The highest BCUT2D eigenvalue weighted by Crippen LogP contribution is 2.09. The third kappa shape index (κ3) is 5.02. The Morgan fingerprint density at radius 3 is 2.67 bits per heavy atom. The van der Waals surface area contributed by atoms with Crippen molar-refractivity contribution in [3.8, 4) is 0 Å². The predicted molar refractivity (Wildman–Crippen MR) is 59.9 cm³/mol. The van der Waals surface area contributed by atoms with Crippen LogP contribution in [-0.2, 0) is 4.74 Å². The topological polar surface area (TPSA) is 41.6 Å². The molecule has 1 rings (SSSR count). The number of carbonyl (C=O) groups excluding carboxylic acids is 1. The van der Waals surface area contributed by atoms with Crippen molar-refractivity contribution in [2.75, 3.05) is 32.8 Å². The molecule has 1 fully saturated rings. The SMILES string of the molecule is CCCNCCOC(=O)N1CCCCC1. The molecule has 0 aromatic heterocycles. The zero-order valence-corrected chi connectivity index (χ0v) is 9.63. The standard InChI is InChI=1S/C11H22N2O2/c1-2-6-12-7-10-15-11(14)13-8-4-3-5-9-13/h12H,2-10H2,1H3. The highest BCUT2D eigenvalue weighted by molar-refractivity contribution is 5.67. The second-order valence-electron chi connectivity index (χ2n) is 3.91. The molecular formula is C11H22N2O2. The molecule has 4 heteroatoms. The van der Waals surface area contributed by atoms with E-state index in [0.29, 0.717) is 6.61 Å². The number of amides is 1. The molecule has 0 aromatic rings. The lowest BCUT2D eigenvalue weighted by molar-refractivity contribution is 0.0959. The summed E-state index contributed by atoms with van der Waals surface area (Å²) < 4.78 is 5.15. The van der Waals surface area contributed by atoms with Gasteiger partial charge < -0.3 is 15.0 Å². The molecule has 0 spiro atoms. The van der Waals surface area contributed by atoms with Crippen molar-refractivity contribution >= 4 is 6.09 Å². The van der Waals surface area contributed by atoms with E-state index >= 15 is 0 Å². The van der Waals surface area contributed by atoms with Crippen molar-refractivity contribution in [3.63, 3.8) is 0 Å². The first-order valence-corrected chi connectivity index (χ1v) is 5.97. The van der Waals surface area contributed by atoms with Crippen molar-refractivity contribution < 1.29 is 9.53 Å². The van der Waals surface area contributed by atoms with Gasteiger partial charge in [0.25, 0.3) is 0 Å². The monoisotopic (exact) mass is 214 g/mol. The van der Waals surface area contributed by atoms with Crippen LogP contribution in [0.3, 0.4) is 0 Å². The van der Waals surface area contributed by atoms with Gasteiger partial charge in [-0.25, -0.2) is 4.79 Å². The molecule has 1 heterocycles. The van der Waals surface area contributed by atoms with Gasteiger partial charge in [-0.3, -0.25) is 0 Å². The molecule has 0 aliphatic carbocycles. The minimum absolute atomic E-state index is 0.145. The summed E-state index contributed by atoms with van der Waals surface area (Å²) in [7, 11) is 0. The second-order valence-corrected chi connectivity index (χ2v) is 3.91. The molecule has 0 aromatic carbocycles. The molecule has 0 atom stereocenters. The first-order chi connectivity index (χ1) is 7.34. The van der Waals surface area contributed by atoms with E-state index < -0.39 is 0 Å². The third-order valence-electron chi connectivity index (χ3n) is 2.55. The fraction of sp³-hybridized carbons (Fsp3) is 0.909. The molecule has 15 heavy (non-hydrogen) atoms. The van der Waals surface area contributed by atoms with Gasteiger partial charge in [0.2, 0.25) is 0 Å². The van der Waals surface area contributed by atoms with Gasteiger partial charge in [0, 0.05) is 19.6 Å². The third-order valence-corrected chi connectivity index (χ3v) is 2.55. The maximum Gasteiger partial charge on any atom is 0.409 e. The fourth-order valence-corrected chi connectivity index (χ4v) is 1.68. The van der Waals surface area contributed by atoms with Gasteiger partial charge >= 0.3 is 6.09 Å². The molecule has 0 bridgehead atoms. The van der Waals surface area contributed by atoms with Crippen LogP contribution in [0.15, 0.2) is 0 Å². The molecule has 0 unspecified atom stereocenters. The second kappa shape index (κ2) is 7.51. The van der Waals surface area contributed by atoms with Gasteiger partial charge in [0.15, 0.2) is 0 Å². The Morgan fingerprint density at radius 1 is 1.27 bits per heavy atom. The number of rotatable bonds is 5. The molecule has 1 amide bonds. The molecule has 1 N–H and O–H groups in total. The van der Waals surface area contributed by atoms with E-state index in [-0.39, 0.29) is 6.09 Å². The summed E-state index contributed by atoms with van der Waals surface area (Å²) >= 11 is 0. The van der Waals surface area contributed by atoms with Crippen LogP contribution < -0.4 is 5.32 Å². The molecule has 88 valence electrons. The minimum Gasteiger partial charge on any atom is -0.448 e. The van der Waals surface area contributed by atoms with Crippen LogP contribution in [0, 0.1) is 0 Å². The number of hydrogen-bond donors (Lipinski definition) is 1. The van der Waals surface area contributed by atoms with Crippen molar-refractivity contribution in [2.24, 2.45) is 0 Å². The average molecular weight is 214 g/mol. The molecule has 0 saturated carbocycles. The normalized spacial score (nSPS) is 16.5. The van der Waals surface area contributed by atoms with Gasteiger partial charge in [-0.05, 0) is 32.2 Å². The van der Waals surface area contributed by atoms with Crippen molar-refractivity contribution in [1.29, 1.82) is 0 Å². The van der Waals surface area contributed by atoms with Crippen LogP contribution in [0.4, 0.5) is 4.79 Å².